The first-order valence-electron chi connectivity index (χ1n) is 9.39. The van der Waals surface area contributed by atoms with E-state index in [1.807, 2.05) is 61.5 Å². The normalized spacial score (nSPS) is 12.2. The van der Waals surface area contributed by atoms with Crippen LogP contribution in [-0.4, -0.2) is 27.1 Å². The van der Waals surface area contributed by atoms with Crippen molar-refractivity contribution in [1.82, 2.24) is 5.32 Å². The van der Waals surface area contributed by atoms with Crippen LogP contribution >= 0.6 is 0 Å². The molecule has 1 unspecified atom stereocenters. The van der Waals surface area contributed by atoms with Crippen molar-refractivity contribution in [3.63, 3.8) is 0 Å². The van der Waals surface area contributed by atoms with E-state index in [-0.39, 0.29) is 5.69 Å². The van der Waals surface area contributed by atoms with Gasteiger partial charge in [0.25, 0.3) is 0 Å². The van der Waals surface area contributed by atoms with Crippen LogP contribution in [-0.2, 0) is 14.8 Å². The fraction of sp³-hybridized carbons (Fsp3) is 0.174. The molecular formula is C23H23FN2O3S. The number of hydrogen-bond donors (Lipinski definition) is 1. The van der Waals surface area contributed by atoms with Gasteiger partial charge in [0.05, 0.1) is 18.0 Å². The summed E-state index contributed by atoms with van der Waals surface area (Å²) in [6.45, 7) is 1.44. The summed E-state index contributed by atoms with van der Waals surface area (Å²) in [7, 11) is -3.87. The number of anilines is 1. The Morgan fingerprint density at radius 1 is 0.933 bits per heavy atom. The van der Waals surface area contributed by atoms with Crippen molar-refractivity contribution in [3.8, 4) is 0 Å². The van der Waals surface area contributed by atoms with E-state index in [4.69, 9.17) is 0 Å². The van der Waals surface area contributed by atoms with Crippen molar-refractivity contribution < 1.29 is 17.6 Å². The Labute approximate surface area is 176 Å². The van der Waals surface area contributed by atoms with E-state index in [1.165, 1.54) is 18.2 Å². The fourth-order valence-corrected chi connectivity index (χ4v) is 3.99. The standard InChI is InChI=1S/C23H23FN2O3S/c1-17-12-14-19(15-13-17)23(18-8-4-3-5-9-18)25-22(27)16-26(30(2,28)29)21-11-7-6-10-20(21)24/h3-15,23H,16H2,1-2H3,(H,25,27). The molecule has 0 aromatic heterocycles. The summed E-state index contributed by atoms with van der Waals surface area (Å²) in [4.78, 5) is 12.9. The largest absolute Gasteiger partial charge is 0.344 e. The van der Waals surface area contributed by atoms with Crippen molar-refractivity contribution in [3.05, 3.63) is 101 Å². The van der Waals surface area contributed by atoms with Crippen molar-refractivity contribution in [2.75, 3.05) is 17.1 Å². The third kappa shape index (κ3) is 5.24. The Morgan fingerprint density at radius 2 is 1.50 bits per heavy atom. The number of halogens is 1. The van der Waals surface area contributed by atoms with Gasteiger partial charge in [-0.3, -0.25) is 9.10 Å². The highest BCUT2D eigenvalue weighted by molar-refractivity contribution is 7.92. The van der Waals surface area contributed by atoms with Gasteiger partial charge in [-0.25, -0.2) is 12.8 Å². The lowest BCUT2D eigenvalue weighted by molar-refractivity contribution is -0.120. The molecule has 7 heteroatoms. The van der Waals surface area contributed by atoms with Crippen LogP contribution in [0.4, 0.5) is 10.1 Å². The zero-order valence-electron chi connectivity index (χ0n) is 16.7. The molecule has 0 aliphatic rings. The summed E-state index contributed by atoms with van der Waals surface area (Å²) in [6.07, 6.45) is 0.946. The van der Waals surface area contributed by atoms with Gasteiger partial charge in [-0.2, -0.15) is 0 Å². The maximum atomic E-state index is 14.2. The molecule has 0 fully saturated rings. The highest BCUT2D eigenvalue weighted by atomic mass is 32.2. The van der Waals surface area contributed by atoms with Crippen LogP contribution in [0.3, 0.4) is 0 Å². The van der Waals surface area contributed by atoms with E-state index in [1.54, 1.807) is 0 Å². The van der Waals surface area contributed by atoms with E-state index in [0.717, 1.165) is 33.3 Å². The summed E-state index contributed by atoms with van der Waals surface area (Å²) in [5, 5.41) is 2.89. The quantitative estimate of drug-likeness (QED) is 0.625. The molecule has 0 saturated heterocycles. The SMILES string of the molecule is Cc1ccc(C(NC(=O)CN(c2ccccc2F)S(C)(=O)=O)c2ccccc2)cc1. The number of aryl methyl sites for hydroxylation is 1. The molecular weight excluding hydrogens is 403 g/mol. The van der Waals surface area contributed by atoms with Crippen LogP contribution in [0.15, 0.2) is 78.9 Å². The third-order valence-corrected chi connectivity index (χ3v) is 5.78. The monoisotopic (exact) mass is 426 g/mol. The van der Waals surface area contributed by atoms with E-state index in [2.05, 4.69) is 5.32 Å². The lowest BCUT2D eigenvalue weighted by Crippen LogP contribution is -2.42. The smallest absolute Gasteiger partial charge is 0.241 e. The van der Waals surface area contributed by atoms with Crippen LogP contribution in [0, 0.1) is 12.7 Å². The summed E-state index contributed by atoms with van der Waals surface area (Å²) in [5.74, 6) is -1.26. The fourth-order valence-electron chi connectivity index (χ4n) is 3.14. The first kappa shape index (κ1) is 21.5. The highest BCUT2D eigenvalue weighted by Crippen LogP contribution is 2.24. The zero-order chi connectivity index (χ0) is 21.7. The minimum atomic E-state index is -3.87. The molecule has 0 radical (unpaired) electrons. The molecule has 5 nitrogen and oxygen atoms in total. The third-order valence-electron chi connectivity index (χ3n) is 4.66. The van der Waals surface area contributed by atoms with Crippen LogP contribution in [0.1, 0.15) is 22.7 Å². The average Bonchev–Trinajstić information content (AvgIpc) is 2.71. The highest BCUT2D eigenvalue weighted by Gasteiger charge is 2.25. The molecule has 0 bridgehead atoms. The van der Waals surface area contributed by atoms with Crippen molar-refractivity contribution in [1.29, 1.82) is 0 Å². The molecule has 0 aliphatic heterocycles. The Kier molecular flexibility index (Phi) is 6.52. The molecule has 1 N–H and O–H groups in total. The number of nitrogens with zero attached hydrogens (tertiary/aromatic N) is 1. The van der Waals surface area contributed by atoms with Crippen LogP contribution in [0.2, 0.25) is 0 Å². The topological polar surface area (TPSA) is 66.5 Å². The molecule has 3 aromatic carbocycles. The number of carbonyl (C=O) groups is 1. The molecule has 3 rings (SSSR count). The Bertz CT molecular complexity index is 1120. The van der Waals surface area contributed by atoms with Crippen molar-refractivity contribution in [2.45, 2.75) is 13.0 Å². The molecule has 0 heterocycles. The van der Waals surface area contributed by atoms with Gasteiger partial charge in [-0.1, -0.05) is 72.3 Å². The summed E-state index contributed by atoms with van der Waals surface area (Å²) in [5.41, 5.74) is 2.63. The molecule has 0 saturated carbocycles. The number of nitrogens with one attached hydrogen (secondary N) is 1. The minimum Gasteiger partial charge on any atom is -0.344 e. The Morgan fingerprint density at radius 3 is 2.10 bits per heavy atom. The van der Waals surface area contributed by atoms with Gasteiger partial charge in [0.1, 0.15) is 12.4 Å². The van der Waals surface area contributed by atoms with Crippen molar-refractivity contribution in [2.24, 2.45) is 0 Å². The first-order valence-corrected chi connectivity index (χ1v) is 11.2. The molecule has 0 spiro atoms. The number of carbonyl (C=O) groups excluding carboxylic acids is 1. The molecule has 3 aromatic rings. The zero-order valence-corrected chi connectivity index (χ0v) is 17.6. The van der Waals surface area contributed by atoms with E-state index in [9.17, 15) is 17.6 Å². The minimum absolute atomic E-state index is 0.165. The van der Waals surface area contributed by atoms with E-state index in [0.29, 0.717) is 0 Å². The van der Waals surface area contributed by atoms with Gasteiger partial charge in [-0.15, -0.1) is 0 Å². The maximum absolute atomic E-state index is 14.2. The van der Waals surface area contributed by atoms with E-state index >= 15 is 0 Å². The predicted molar refractivity (Wildman–Crippen MR) is 116 cm³/mol. The van der Waals surface area contributed by atoms with Crippen LogP contribution in [0.5, 0.6) is 0 Å². The second-order valence-electron chi connectivity index (χ2n) is 7.04. The van der Waals surface area contributed by atoms with E-state index < -0.39 is 34.3 Å². The van der Waals surface area contributed by atoms with Gasteiger partial charge in [0.2, 0.25) is 15.9 Å². The van der Waals surface area contributed by atoms with Crippen LogP contribution < -0.4 is 9.62 Å². The number of para-hydroxylation sites is 1. The summed E-state index contributed by atoms with van der Waals surface area (Å²) in [6, 6.07) is 22.1. The lowest BCUT2D eigenvalue weighted by atomic mass is 9.98. The second-order valence-corrected chi connectivity index (χ2v) is 8.95. The predicted octanol–water partition coefficient (Wildman–Crippen LogP) is 3.81. The van der Waals surface area contributed by atoms with Crippen molar-refractivity contribution >= 4 is 21.6 Å². The molecule has 30 heavy (non-hydrogen) atoms. The Balaban J connectivity index is 1.89. The second kappa shape index (κ2) is 9.09. The molecule has 1 amide bonds. The first-order chi connectivity index (χ1) is 14.3. The summed E-state index contributed by atoms with van der Waals surface area (Å²) < 4.78 is 39.5. The number of amides is 1. The van der Waals surface area contributed by atoms with Crippen LogP contribution in [0.25, 0.3) is 0 Å². The molecule has 0 aliphatic carbocycles. The number of rotatable bonds is 7. The Hall–Kier alpha value is -3.19. The van der Waals surface area contributed by atoms with Gasteiger partial charge >= 0.3 is 0 Å². The van der Waals surface area contributed by atoms with Gasteiger partial charge in [0.15, 0.2) is 0 Å². The summed E-state index contributed by atoms with van der Waals surface area (Å²) >= 11 is 0. The number of hydrogen-bond acceptors (Lipinski definition) is 3. The number of benzene rings is 3. The van der Waals surface area contributed by atoms with Gasteiger partial charge < -0.3 is 5.32 Å². The molecule has 1 atom stereocenters. The molecule has 156 valence electrons. The number of sulfonamides is 1. The lowest BCUT2D eigenvalue weighted by Gasteiger charge is -2.25. The van der Waals surface area contributed by atoms with Gasteiger partial charge in [-0.05, 0) is 30.2 Å². The maximum Gasteiger partial charge on any atom is 0.241 e. The van der Waals surface area contributed by atoms with Gasteiger partial charge in [0, 0.05) is 0 Å². The average molecular weight is 427 g/mol.